The van der Waals surface area contributed by atoms with Crippen molar-refractivity contribution in [3.8, 4) is 17.2 Å². The van der Waals surface area contributed by atoms with Gasteiger partial charge in [-0.15, -0.1) is 0 Å². The minimum Gasteiger partial charge on any atom is -0.454 e. The highest BCUT2D eigenvalue weighted by atomic mass is 35.5. The molecule has 2 aromatic carbocycles. The second-order valence-electron chi connectivity index (χ2n) is 7.06. The van der Waals surface area contributed by atoms with Crippen molar-refractivity contribution < 1.29 is 32.5 Å². The summed E-state index contributed by atoms with van der Waals surface area (Å²) in [6.07, 6.45) is -4.71. The van der Waals surface area contributed by atoms with Crippen molar-refractivity contribution >= 4 is 23.2 Å². The summed E-state index contributed by atoms with van der Waals surface area (Å²) in [6, 6.07) is 9.17. The number of ether oxygens (including phenoxy) is 2. The minimum absolute atomic E-state index is 0.0368. The van der Waals surface area contributed by atoms with Crippen molar-refractivity contribution in [3.05, 3.63) is 63.9 Å². The lowest BCUT2D eigenvalue weighted by Gasteiger charge is -2.21. The van der Waals surface area contributed by atoms with Gasteiger partial charge in [-0.25, -0.2) is 4.68 Å². The molecule has 1 aliphatic rings. The molecule has 2 heterocycles. The van der Waals surface area contributed by atoms with Gasteiger partial charge in [-0.1, -0.05) is 17.7 Å². The van der Waals surface area contributed by atoms with Crippen LogP contribution in [0.1, 0.15) is 27.3 Å². The Hall–Kier alpha value is -3.24. The van der Waals surface area contributed by atoms with Crippen molar-refractivity contribution in [1.82, 2.24) is 9.78 Å². The van der Waals surface area contributed by atoms with Gasteiger partial charge in [0.05, 0.1) is 28.7 Å². The van der Waals surface area contributed by atoms with E-state index in [1.807, 2.05) is 0 Å². The van der Waals surface area contributed by atoms with E-state index < -0.39 is 22.8 Å². The molecule has 0 saturated carbocycles. The molecular formula is C21H17ClF3N3O4. The number of anilines is 1. The molecule has 4 rings (SSSR count). The van der Waals surface area contributed by atoms with Gasteiger partial charge >= 0.3 is 6.18 Å². The number of hydrogen-bond acceptors (Lipinski definition) is 5. The maximum absolute atomic E-state index is 13.2. The normalized spacial score (nSPS) is 12.8. The third-order valence-electron chi connectivity index (χ3n) is 5.06. The highest BCUT2D eigenvalue weighted by Crippen LogP contribution is 2.39. The number of carbonyl (C=O) groups excluding carboxylic acids is 1. The van der Waals surface area contributed by atoms with Gasteiger partial charge in [-0.05, 0) is 31.2 Å². The smallest absolute Gasteiger partial charge is 0.436 e. The molecule has 0 unspecified atom stereocenters. The van der Waals surface area contributed by atoms with E-state index in [9.17, 15) is 23.1 Å². The molecule has 0 atom stereocenters. The SMILES string of the molecule is Cc1c(Cl)c(C(F)(F)F)nn1-c1cccc(C(=O)N(C)c2cc3c(cc2CO)OCO3)c1. The molecule has 0 bridgehead atoms. The number of aliphatic hydroxyl groups is 1. The zero-order valence-electron chi connectivity index (χ0n) is 16.9. The summed E-state index contributed by atoms with van der Waals surface area (Å²) in [5, 5.41) is 12.8. The van der Waals surface area contributed by atoms with Crippen LogP contribution < -0.4 is 14.4 Å². The van der Waals surface area contributed by atoms with E-state index in [1.165, 1.54) is 43.1 Å². The van der Waals surface area contributed by atoms with Crippen LogP contribution in [0.2, 0.25) is 5.02 Å². The van der Waals surface area contributed by atoms with Gasteiger partial charge in [-0.3, -0.25) is 4.79 Å². The highest BCUT2D eigenvalue weighted by molar-refractivity contribution is 6.32. The second kappa shape index (κ2) is 8.03. The molecule has 1 amide bonds. The van der Waals surface area contributed by atoms with Crippen molar-refractivity contribution in [2.24, 2.45) is 0 Å². The second-order valence-corrected chi connectivity index (χ2v) is 7.44. The zero-order valence-corrected chi connectivity index (χ0v) is 17.7. The number of hydrogen-bond donors (Lipinski definition) is 1. The number of carbonyl (C=O) groups is 1. The summed E-state index contributed by atoms with van der Waals surface area (Å²) >= 11 is 5.84. The van der Waals surface area contributed by atoms with Crippen LogP contribution in [0.25, 0.3) is 5.69 Å². The van der Waals surface area contributed by atoms with Crippen molar-refractivity contribution in [2.45, 2.75) is 19.7 Å². The van der Waals surface area contributed by atoms with Crippen LogP contribution in [-0.4, -0.2) is 34.6 Å². The number of halogens is 4. The van der Waals surface area contributed by atoms with E-state index in [0.717, 1.165) is 4.68 Å². The van der Waals surface area contributed by atoms with E-state index in [2.05, 4.69) is 5.10 Å². The summed E-state index contributed by atoms with van der Waals surface area (Å²) < 4.78 is 51.2. The van der Waals surface area contributed by atoms with Gasteiger partial charge in [0, 0.05) is 24.2 Å². The van der Waals surface area contributed by atoms with Gasteiger partial charge in [0.2, 0.25) is 6.79 Å². The Kier molecular flexibility index (Phi) is 5.51. The predicted octanol–water partition coefficient (Wildman–Crippen LogP) is 4.35. The number of benzene rings is 2. The first-order valence-corrected chi connectivity index (χ1v) is 9.73. The monoisotopic (exact) mass is 467 g/mol. The molecular weight excluding hydrogens is 451 g/mol. The van der Waals surface area contributed by atoms with E-state index in [1.54, 1.807) is 12.1 Å². The van der Waals surface area contributed by atoms with Gasteiger partial charge in [0.1, 0.15) is 0 Å². The Labute approximate surface area is 185 Å². The number of aliphatic hydroxyl groups excluding tert-OH is 1. The Morgan fingerprint density at radius 3 is 2.56 bits per heavy atom. The fourth-order valence-electron chi connectivity index (χ4n) is 3.40. The molecule has 0 saturated heterocycles. The Morgan fingerprint density at radius 1 is 1.25 bits per heavy atom. The lowest BCUT2D eigenvalue weighted by atomic mass is 10.1. The average Bonchev–Trinajstić information content (AvgIpc) is 3.35. The van der Waals surface area contributed by atoms with Crippen LogP contribution in [0.4, 0.5) is 18.9 Å². The molecule has 32 heavy (non-hydrogen) atoms. The van der Waals surface area contributed by atoms with Crippen molar-refractivity contribution in [2.75, 3.05) is 18.7 Å². The van der Waals surface area contributed by atoms with Crippen LogP contribution in [0.3, 0.4) is 0 Å². The molecule has 0 aliphatic carbocycles. The highest BCUT2D eigenvalue weighted by Gasteiger charge is 2.38. The lowest BCUT2D eigenvalue weighted by Crippen LogP contribution is -2.27. The molecule has 0 fully saturated rings. The summed E-state index contributed by atoms with van der Waals surface area (Å²) in [5.74, 6) is 0.451. The largest absolute Gasteiger partial charge is 0.454 e. The quantitative estimate of drug-likeness (QED) is 0.617. The molecule has 3 aromatic rings. The molecule has 0 spiro atoms. The number of aromatic nitrogens is 2. The molecule has 7 nitrogen and oxygen atoms in total. The van der Waals surface area contributed by atoms with E-state index >= 15 is 0 Å². The first kappa shape index (κ1) is 22.0. The van der Waals surface area contributed by atoms with Crippen LogP contribution in [0.15, 0.2) is 36.4 Å². The summed E-state index contributed by atoms with van der Waals surface area (Å²) in [6.45, 7) is 1.11. The number of rotatable bonds is 4. The maximum atomic E-state index is 13.2. The molecule has 1 aromatic heterocycles. The maximum Gasteiger partial charge on any atom is 0.436 e. The third kappa shape index (κ3) is 3.76. The number of nitrogens with zero attached hydrogens (tertiary/aromatic N) is 3. The average molecular weight is 468 g/mol. The fraction of sp³-hybridized carbons (Fsp3) is 0.238. The van der Waals surface area contributed by atoms with Crippen LogP contribution in [-0.2, 0) is 12.8 Å². The lowest BCUT2D eigenvalue weighted by molar-refractivity contribution is -0.141. The predicted molar refractivity (Wildman–Crippen MR) is 110 cm³/mol. The topological polar surface area (TPSA) is 76.8 Å². The van der Waals surface area contributed by atoms with Crippen LogP contribution in [0, 0.1) is 6.92 Å². The van der Waals surface area contributed by atoms with Crippen molar-refractivity contribution in [3.63, 3.8) is 0 Å². The third-order valence-corrected chi connectivity index (χ3v) is 5.51. The summed E-state index contributed by atoms with van der Waals surface area (Å²) in [4.78, 5) is 14.5. The standard InChI is InChI=1S/C21H17ClF3N3O4/c1-11-18(22)19(21(23,24)25)26-28(11)14-5-3-4-12(6-14)20(30)27(2)15-8-17-16(31-10-32-17)7-13(15)9-29/h3-8,29H,9-10H2,1-2H3. The van der Waals surface area contributed by atoms with Crippen LogP contribution in [0.5, 0.6) is 11.5 Å². The summed E-state index contributed by atoms with van der Waals surface area (Å²) in [5.41, 5.74) is 0.197. The molecule has 1 N–H and O–H groups in total. The number of alkyl halides is 3. The Bertz CT molecular complexity index is 1210. The molecule has 168 valence electrons. The van der Waals surface area contributed by atoms with Gasteiger partial charge in [-0.2, -0.15) is 18.3 Å². The fourth-order valence-corrected chi connectivity index (χ4v) is 3.63. The molecule has 0 radical (unpaired) electrons. The first-order chi connectivity index (χ1) is 15.1. The number of fused-ring (bicyclic) bond motifs is 1. The Morgan fingerprint density at radius 2 is 1.94 bits per heavy atom. The molecule has 1 aliphatic heterocycles. The number of amides is 1. The minimum atomic E-state index is -4.71. The van der Waals surface area contributed by atoms with Gasteiger partial charge in [0.25, 0.3) is 5.91 Å². The summed E-state index contributed by atoms with van der Waals surface area (Å²) in [7, 11) is 1.52. The van der Waals surface area contributed by atoms with E-state index in [4.69, 9.17) is 21.1 Å². The molecule has 11 heteroatoms. The van der Waals surface area contributed by atoms with Gasteiger partial charge < -0.3 is 19.5 Å². The Balaban J connectivity index is 1.70. The van der Waals surface area contributed by atoms with Gasteiger partial charge in [0.15, 0.2) is 17.2 Å². The first-order valence-electron chi connectivity index (χ1n) is 9.36. The van der Waals surface area contributed by atoms with E-state index in [0.29, 0.717) is 22.7 Å². The van der Waals surface area contributed by atoms with Crippen molar-refractivity contribution in [1.29, 1.82) is 0 Å². The van der Waals surface area contributed by atoms with Crippen LogP contribution >= 0.6 is 11.6 Å². The zero-order chi connectivity index (χ0) is 23.2. The van der Waals surface area contributed by atoms with E-state index in [-0.39, 0.29) is 30.3 Å².